The number of halogens is 1. The van der Waals surface area contributed by atoms with Crippen LogP contribution >= 0.6 is 15.9 Å². The molecule has 2 aromatic carbocycles. The molecule has 7 heteroatoms. The van der Waals surface area contributed by atoms with Crippen LogP contribution in [0, 0.1) is 11.8 Å². The first-order chi connectivity index (χ1) is 14.0. The Balaban J connectivity index is 1.66. The molecule has 3 aliphatic rings. The fourth-order valence-corrected chi connectivity index (χ4v) is 5.20. The summed E-state index contributed by atoms with van der Waals surface area (Å²) in [6, 6.07) is 13.6. The van der Waals surface area contributed by atoms with Gasteiger partial charge in [0.1, 0.15) is 6.04 Å². The molecule has 29 heavy (non-hydrogen) atoms. The minimum Gasteiger partial charge on any atom is -0.467 e. The fourth-order valence-electron chi connectivity index (χ4n) is 4.82. The first-order valence-electron chi connectivity index (χ1n) is 9.28. The minimum absolute atomic E-state index is 0.287. The quantitative estimate of drug-likeness (QED) is 0.517. The number of esters is 1. The molecule has 3 aliphatic heterocycles. The van der Waals surface area contributed by atoms with Crippen LogP contribution in [0.15, 0.2) is 59.2 Å². The molecular formula is C22H17BrN2O4. The lowest BCUT2D eigenvalue weighted by molar-refractivity contribution is -0.148. The maximum absolute atomic E-state index is 13.5. The Morgan fingerprint density at radius 2 is 1.79 bits per heavy atom. The second-order valence-corrected chi connectivity index (χ2v) is 8.26. The molecule has 0 aromatic heterocycles. The molecule has 4 atom stereocenters. The van der Waals surface area contributed by atoms with Crippen molar-refractivity contribution in [1.29, 1.82) is 0 Å². The van der Waals surface area contributed by atoms with Crippen molar-refractivity contribution in [2.75, 3.05) is 12.0 Å². The Kier molecular flexibility index (Phi) is 4.10. The van der Waals surface area contributed by atoms with Crippen molar-refractivity contribution in [3.05, 3.63) is 70.3 Å². The zero-order chi connectivity index (χ0) is 20.3. The van der Waals surface area contributed by atoms with E-state index in [1.165, 1.54) is 12.0 Å². The highest BCUT2D eigenvalue weighted by molar-refractivity contribution is 9.10. The molecule has 2 amide bonds. The molecule has 2 fully saturated rings. The number of nitrogens with zero attached hydrogens (tertiary/aromatic N) is 2. The number of amides is 2. The Bertz CT molecular complexity index is 1080. The molecule has 0 radical (unpaired) electrons. The molecule has 0 N–H and O–H groups in total. The average molecular weight is 453 g/mol. The SMILES string of the molecule is COC(=O)[C@@H]1[C@@H]2C(=O)N(c3cccc(Br)c3)C(=O)[C@H]2[C@@H]2c3ccccc3C=CN12. The standard InChI is InChI=1S/C22H17BrN2O4/c1-29-22(28)19-17-16(18-15-8-3-2-5-12(15)9-10-24(18)19)20(26)25(21(17)27)14-7-4-6-13(23)11-14/h2-11,16-19H,1H3/t16-,17-,18+,19+/m1/s1. The molecule has 0 bridgehead atoms. The van der Waals surface area contributed by atoms with Gasteiger partial charge in [0.05, 0.1) is 30.7 Å². The van der Waals surface area contributed by atoms with Crippen LogP contribution in [0.4, 0.5) is 5.69 Å². The van der Waals surface area contributed by atoms with Crippen LogP contribution in [-0.2, 0) is 19.1 Å². The number of rotatable bonds is 2. The summed E-state index contributed by atoms with van der Waals surface area (Å²) in [6.07, 6.45) is 3.71. The van der Waals surface area contributed by atoms with Crippen molar-refractivity contribution in [3.63, 3.8) is 0 Å². The van der Waals surface area contributed by atoms with Gasteiger partial charge >= 0.3 is 5.97 Å². The van der Waals surface area contributed by atoms with E-state index in [0.717, 1.165) is 15.6 Å². The molecule has 146 valence electrons. The zero-order valence-electron chi connectivity index (χ0n) is 15.5. The monoisotopic (exact) mass is 452 g/mol. The van der Waals surface area contributed by atoms with Crippen molar-refractivity contribution in [2.24, 2.45) is 11.8 Å². The van der Waals surface area contributed by atoms with Gasteiger partial charge in [0.15, 0.2) is 0 Å². The van der Waals surface area contributed by atoms with E-state index in [0.29, 0.717) is 5.69 Å². The maximum atomic E-state index is 13.5. The normalized spacial score (nSPS) is 27.0. The van der Waals surface area contributed by atoms with Gasteiger partial charge in [-0.3, -0.25) is 9.59 Å². The molecule has 5 rings (SSSR count). The number of carbonyl (C=O) groups excluding carboxylic acids is 3. The van der Waals surface area contributed by atoms with Crippen LogP contribution < -0.4 is 4.90 Å². The third kappa shape index (κ3) is 2.50. The zero-order valence-corrected chi connectivity index (χ0v) is 17.1. The highest BCUT2D eigenvalue weighted by atomic mass is 79.9. The van der Waals surface area contributed by atoms with Gasteiger partial charge in [-0.2, -0.15) is 0 Å². The second-order valence-electron chi connectivity index (χ2n) is 7.35. The van der Waals surface area contributed by atoms with E-state index < -0.39 is 23.8 Å². The van der Waals surface area contributed by atoms with Gasteiger partial charge in [0, 0.05) is 10.7 Å². The van der Waals surface area contributed by atoms with Crippen LogP contribution in [0.3, 0.4) is 0 Å². The van der Waals surface area contributed by atoms with Crippen LogP contribution in [-0.4, -0.2) is 35.8 Å². The highest BCUT2D eigenvalue weighted by Gasteiger charge is 2.65. The summed E-state index contributed by atoms with van der Waals surface area (Å²) in [7, 11) is 1.31. The largest absolute Gasteiger partial charge is 0.467 e. The summed E-state index contributed by atoms with van der Waals surface area (Å²) in [6.45, 7) is 0. The van der Waals surface area contributed by atoms with E-state index >= 15 is 0 Å². The first-order valence-corrected chi connectivity index (χ1v) is 10.1. The Morgan fingerprint density at radius 1 is 1.03 bits per heavy atom. The van der Waals surface area contributed by atoms with Crippen LogP contribution in [0.1, 0.15) is 17.2 Å². The van der Waals surface area contributed by atoms with Gasteiger partial charge < -0.3 is 9.64 Å². The van der Waals surface area contributed by atoms with E-state index in [4.69, 9.17) is 4.74 Å². The lowest BCUT2D eigenvalue weighted by Gasteiger charge is -2.34. The Labute approximate surface area is 175 Å². The second kappa shape index (κ2) is 6.56. The predicted octanol–water partition coefficient (Wildman–Crippen LogP) is 3.14. The third-order valence-corrected chi connectivity index (χ3v) is 6.46. The van der Waals surface area contributed by atoms with E-state index in [9.17, 15) is 14.4 Å². The molecule has 0 spiro atoms. The lowest BCUT2D eigenvalue weighted by Crippen LogP contribution is -2.44. The molecular weight excluding hydrogens is 436 g/mol. The van der Waals surface area contributed by atoms with Gasteiger partial charge in [-0.25, -0.2) is 9.69 Å². The van der Waals surface area contributed by atoms with Gasteiger partial charge in [0.25, 0.3) is 0 Å². The van der Waals surface area contributed by atoms with Crippen LogP contribution in [0.2, 0.25) is 0 Å². The number of carbonyl (C=O) groups is 3. The molecule has 3 heterocycles. The fraction of sp³-hybridized carbons (Fsp3) is 0.227. The lowest BCUT2D eigenvalue weighted by atomic mass is 9.84. The van der Waals surface area contributed by atoms with E-state index in [1.807, 2.05) is 41.3 Å². The third-order valence-electron chi connectivity index (χ3n) is 5.97. The summed E-state index contributed by atoms with van der Waals surface area (Å²) in [5.74, 6) is -2.62. The van der Waals surface area contributed by atoms with E-state index in [2.05, 4.69) is 15.9 Å². The van der Waals surface area contributed by atoms with E-state index in [-0.39, 0.29) is 17.9 Å². The van der Waals surface area contributed by atoms with E-state index in [1.54, 1.807) is 24.4 Å². The summed E-state index contributed by atoms with van der Waals surface area (Å²) in [5.41, 5.74) is 2.42. The molecule has 2 saturated heterocycles. The smallest absolute Gasteiger partial charge is 0.329 e. The Hall–Kier alpha value is -2.93. The summed E-state index contributed by atoms with van der Waals surface area (Å²) in [4.78, 5) is 42.7. The van der Waals surface area contributed by atoms with Crippen molar-refractivity contribution >= 4 is 45.5 Å². The average Bonchev–Trinajstić information content (AvgIpc) is 3.20. The molecule has 6 nitrogen and oxygen atoms in total. The van der Waals surface area contributed by atoms with Gasteiger partial charge in [-0.1, -0.05) is 46.3 Å². The number of ether oxygens (including phenoxy) is 1. The number of fused-ring (bicyclic) bond motifs is 5. The van der Waals surface area contributed by atoms with Crippen molar-refractivity contribution in [2.45, 2.75) is 12.1 Å². The number of imide groups is 1. The molecule has 0 saturated carbocycles. The maximum Gasteiger partial charge on any atom is 0.329 e. The van der Waals surface area contributed by atoms with Crippen LogP contribution in [0.25, 0.3) is 6.08 Å². The number of anilines is 1. The molecule has 0 unspecified atom stereocenters. The molecule has 2 aromatic rings. The number of hydrogen-bond donors (Lipinski definition) is 0. The summed E-state index contributed by atoms with van der Waals surface area (Å²) >= 11 is 3.39. The Morgan fingerprint density at radius 3 is 2.55 bits per heavy atom. The van der Waals surface area contributed by atoms with Crippen molar-refractivity contribution in [3.8, 4) is 0 Å². The van der Waals surface area contributed by atoms with Crippen molar-refractivity contribution < 1.29 is 19.1 Å². The number of benzene rings is 2. The minimum atomic E-state index is -0.840. The summed E-state index contributed by atoms with van der Waals surface area (Å²) in [5, 5.41) is 0. The van der Waals surface area contributed by atoms with Crippen molar-refractivity contribution in [1.82, 2.24) is 4.90 Å². The summed E-state index contributed by atoms with van der Waals surface area (Å²) < 4.78 is 5.79. The topological polar surface area (TPSA) is 66.9 Å². The molecule has 0 aliphatic carbocycles. The number of methoxy groups -OCH3 is 1. The van der Waals surface area contributed by atoms with Gasteiger partial charge in [-0.05, 0) is 35.4 Å². The first kappa shape index (κ1) is 18.1. The number of hydrogen-bond acceptors (Lipinski definition) is 5. The van der Waals surface area contributed by atoms with Crippen LogP contribution in [0.5, 0.6) is 0 Å². The predicted molar refractivity (Wildman–Crippen MR) is 109 cm³/mol. The van der Waals surface area contributed by atoms with Gasteiger partial charge in [0.2, 0.25) is 11.8 Å². The highest BCUT2D eigenvalue weighted by Crippen LogP contribution is 2.53. The van der Waals surface area contributed by atoms with Gasteiger partial charge in [-0.15, -0.1) is 0 Å².